The van der Waals surface area contributed by atoms with E-state index < -0.39 is 0 Å². The summed E-state index contributed by atoms with van der Waals surface area (Å²) in [6.07, 6.45) is 0. The second kappa shape index (κ2) is 272. The second-order valence-corrected chi connectivity index (χ2v) is 0. The van der Waals surface area contributed by atoms with Gasteiger partial charge in [0.25, 0.3) is 0 Å². The van der Waals surface area contributed by atoms with E-state index >= 15 is 0 Å². The van der Waals surface area contributed by atoms with Crippen molar-refractivity contribution in [1.29, 1.82) is 0 Å². The molecule has 48 valence electrons. The summed E-state index contributed by atoms with van der Waals surface area (Å²) in [5, 5.41) is 0. The van der Waals surface area contributed by atoms with Gasteiger partial charge in [-0.05, 0) is 0 Å². The van der Waals surface area contributed by atoms with E-state index in [0.29, 0.717) is 0 Å². The number of hydrogen-bond acceptors (Lipinski definition) is 6. The molecule has 0 amide bonds. The third-order valence-corrected chi connectivity index (χ3v) is 0. The first kappa shape index (κ1) is 395. The quantitative estimate of drug-likeness (QED) is 0.499. The van der Waals surface area contributed by atoms with Crippen molar-refractivity contribution in [2.75, 3.05) is 0 Å². The van der Waals surface area contributed by atoms with Gasteiger partial charge in [-0.1, -0.05) is 0 Å². The van der Waals surface area contributed by atoms with E-state index in [0.717, 1.165) is 0 Å². The monoisotopic (exact) mass is 256 g/mol. The van der Waals surface area contributed by atoms with Crippen molar-refractivity contribution in [3.05, 3.63) is 0 Å². The summed E-state index contributed by atoms with van der Waals surface area (Å²) in [4.78, 5) is 0. The Bertz CT molecular complexity index is 8.49. The minimum Gasteiger partial charge on any atom is -0.870 e. The minimum atomic E-state index is 0. The summed E-state index contributed by atoms with van der Waals surface area (Å²) in [7, 11) is 0. The molecular formula is H6O6ZnZr. The van der Waals surface area contributed by atoms with Crippen molar-refractivity contribution in [3.63, 3.8) is 0 Å². The Balaban J connectivity index is 0. The molecule has 8 heteroatoms. The number of hydrogen-bond donors (Lipinski definition) is 0. The first-order chi connectivity index (χ1) is 0. The third kappa shape index (κ3) is 178. The Labute approximate surface area is 78.4 Å². The average molecular weight is 259 g/mol. The predicted octanol–water partition coefficient (Wildman–Crippen LogP) is -1.07. The molecule has 0 unspecified atom stereocenters. The van der Waals surface area contributed by atoms with E-state index in [1.165, 1.54) is 0 Å². The van der Waals surface area contributed by atoms with Crippen molar-refractivity contribution < 1.29 is 78.5 Å². The topological polar surface area (TPSA) is 180 Å². The Morgan fingerprint density at radius 1 is 0.375 bits per heavy atom. The summed E-state index contributed by atoms with van der Waals surface area (Å²) in [5.74, 6) is 0. The predicted molar refractivity (Wildman–Crippen MR) is 11.6 cm³/mol. The van der Waals surface area contributed by atoms with E-state index in [4.69, 9.17) is 0 Å². The van der Waals surface area contributed by atoms with Crippen molar-refractivity contribution in [2.45, 2.75) is 0 Å². The van der Waals surface area contributed by atoms with Gasteiger partial charge in [-0.2, -0.15) is 0 Å². The third-order valence-electron chi connectivity index (χ3n) is 0. The van der Waals surface area contributed by atoms with Gasteiger partial charge in [0, 0.05) is 0 Å². The molecule has 0 aliphatic heterocycles. The van der Waals surface area contributed by atoms with Crippen LogP contribution in [-0.2, 0) is 45.7 Å². The molecule has 0 aliphatic carbocycles. The van der Waals surface area contributed by atoms with Crippen LogP contribution in [0.5, 0.6) is 0 Å². The van der Waals surface area contributed by atoms with Gasteiger partial charge in [-0.3, -0.25) is 0 Å². The van der Waals surface area contributed by atoms with Crippen LogP contribution < -0.4 is 0 Å². The summed E-state index contributed by atoms with van der Waals surface area (Å²) in [5.41, 5.74) is 0. The summed E-state index contributed by atoms with van der Waals surface area (Å²) < 4.78 is 0. The molecule has 0 saturated carbocycles. The van der Waals surface area contributed by atoms with Crippen LogP contribution in [0.25, 0.3) is 0 Å². The zero-order valence-electron chi connectivity index (χ0n) is 3.89. The van der Waals surface area contributed by atoms with Gasteiger partial charge in [0.05, 0.1) is 0 Å². The van der Waals surface area contributed by atoms with E-state index in [1.807, 2.05) is 0 Å². The van der Waals surface area contributed by atoms with Crippen molar-refractivity contribution >= 4 is 0 Å². The van der Waals surface area contributed by atoms with Gasteiger partial charge in [0.15, 0.2) is 0 Å². The molecule has 0 atom stereocenters. The molecule has 0 spiro atoms. The van der Waals surface area contributed by atoms with Crippen molar-refractivity contribution in [1.82, 2.24) is 0 Å². The molecule has 8 heavy (non-hydrogen) atoms. The molecule has 0 aromatic heterocycles. The average Bonchev–Trinajstić information content (AvgIpc) is 0. The maximum Gasteiger partial charge on any atom is 4.00 e. The van der Waals surface area contributed by atoms with Gasteiger partial charge in [-0.15, -0.1) is 0 Å². The molecule has 0 aromatic rings. The Hall–Kier alpha value is 1.27. The molecule has 0 radical (unpaired) electrons. The minimum absolute atomic E-state index is 0. The van der Waals surface area contributed by atoms with E-state index in [9.17, 15) is 0 Å². The normalized spacial score (nSPS) is 0. The van der Waals surface area contributed by atoms with Gasteiger partial charge in [0.1, 0.15) is 0 Å². The van der Waals surface area contributed by atoms with E-state index in [1.54, 1.807) is 0 Å². The fourth-order valence-corrected chi connectivity index (χ4v) is 0. The van der Waals surface area contributed by atoms with Gasteiger partial charge in [-0.25, -0.2) is 0 Å². The zero-order valence-corrected chi connectivity index (χ0v) is 9.32. The molecule has 0 saturated heterocycles. The Morgan fingerprint density at radius 2 is 0.375 bits per heavy atom. The fraction of sp³-hybridized carbons (Fsp3) is 0. The van der Waals surface area contributed by atoms with Crippen LogP contribution in [0.3, 0.4) is 0 Å². The molecule has 0 heterocycles. The standard InChI is InChI=1S/6H2O.Zn.Zr/h6*1H2;;/q;;;;;;+2;+4/p-6. The molecule has 0 fully saturated rings. The summed E-state index contributed by atoms with van der Waals surface area (Å²) in [6, 6.07) is 0. The first-order valence-corrected chi connectivity index (χ1v) is 0. The fourth-order valence-electron chi connectivity index (χ4n) is 0. The van der Waals surface area contributed by atoms with Crippen LogP contribution in [0.1, 0.15) is 0 Å². The largest absolute Gasteiger partial charge is 4.00 e. The Morgan fingerprint density at radius 3 is 0.375 bits per heavy atom. The molecule has 0 aliphatic rings. The van der Waals surface area contributed by atoms with Gasteiger partial charge < -0.3 is 32.9 Å². The van der Waals surface area contributed by atoms with Crippen LogP contribution >= 0.6 is 0 Å². The maximum absolute atomic E-state index is 0. The molecule has 6 N–H and O–H groups in total. The summed E-state index contributed by atoms with van der Waals surface area (Å²) >= 11 is 0. The smallest absolute Gasteiger partial charge is 0.870 e. The molecular weight excluding hydrogens is 253 g/mol. The molecule has 0 rings (SSSR count). The number of rotatable bonds is 0. The van der Waals surface area contributed by atoms with Crippen LogP contribution in [0.4, 0.5) is 0 Å². The molecule has 0 bridgehead atoms. The Kier molecular flexibility index (Phi) is 13400. The van der Waals surface area contributed by atoms with Crippen LogP contribution in [0.2, 0.25) is 0 Å². The molecule has 0 aromatic carbocycles. The molecule has 6 nitrogen and oxygen atoms in total. The van der Waals surface area contributed by atoms with Crippen LogP contribution in [-0.4, -0.2) is 32.9 Å². The van der Waals surface area contributed by atoms with Gasteiger partial charge in [0.2, 0.25) is 0 Å². The van der Waals surface area contributed by atoms with Crippen molar-refractivity contribution in [2.24, 2.45) is 0 Å². The van der Waals surface area contributed by atoms with E-state index in [-0.39, 0.29) is 78.5 Å². The SMILES string of the molecule is [OH-].[OH-].[OH-].[OH-].[OH-].[OH-].[Zn+2].[Zr+4]. The zero-order chi connectivity index (χ0) is 0. The summed E-state index contributed by atoms with van der Waals surface area (Å²) in [6.45, 7) is 0. The maximum atomic E-state index is 0. The second-order valence-electron chi connectivity index (χ2n) is 0. The first-order valence-electron chi connectivity index (χ1n) is 0. The van der Waals surface area contributed by atoms with Crippen LogP contribution in [0.15, 0.2) is 0 Å². The van der Waals surface area contributed by atoms with Crippen molar-refractivity contribution in [3.8, 4) is 0 Å². The van der Waals surface area contributed by atoms with E-state index in [2.05, 4.69) is 0 Å². The van der Waals surface area contributed by atoms with Gasteiger partial charge >= 0.3 is 45.7 Å². The van der Waals surface area contributed by atoms with Crippen LogP contribution in [0, 0.1) is 0 Å².